The molecule has 0 heterocycles. The fourth-order valence-corrected chi connectivity index (χ4v) is 0.745. The number of aliphatic hydroxyl groups is 1. The molecule has 1 N–H and O–H groups in total. The van der Waals surface area contributed by atoms with Crippen molar-refractivity contribution in [3.05, 3.63) is 0 Å². The van der Waals surface area contributed by atoms with Gasteiger partial charge >= 0.3 is 0 Å². The fourth-order valence-electron chi connectivity index (χ4n) is 0.745. The summed E-state index contributed by atoms with van der Waals surface area (Å²) in [5.74, 6) is 0. The third-order valence-corrected chi connectivity index (χ3v) is 1.30. The number of unbranched alkanes of at least 4 members (excludes halogenated alkanes) is 3. The summed E-state index contributed by atoms with van der Waals surface area (Å²) < 4.78 is 0. The Kier molecular flexibility index (Phi) is 8.31. The molecule has 0 radical (unpaired) electrons. The predicted molar refractivity (Wildman–Crippen MR) is 44.6 cm³/mol. The standard InChI is InChI=1S/C8H17NO/c1-2-9-7-5-3-4-6-8-10/h7,10H,2-6,8H2,1H3/b9-7-. The largest absolute Gasteiger partial charge is 0.396 e. The van der Waals surface area contributed by atoms with Gasteiger partial charge in [-0.15, -0.1) is 0 Å². The summed E-state index contributed by atoms with van der Waals surface area (Å²) in [6.07, 6.45) is 6.24. The monoisotopic (exact) mass is 143 g/mol. The van der Waals surface area contributed by atoms with Crippen molar-refractivity contribution in [2.24, 2.45) is 4.99 Å². The summed E-state index contributed by atoms with van der Waals surface area (Å²) in [7, 11) is 0. The van der Waals surface area contributed by atoms with E-state index < -0.39 is 0 Å². The van der Waals surface area contributed by atoms with Crippen LogP contribution in [0.2, 0.25) is 0 Å². The molecule has 10 heavy (non-hydrogen) atoms. The lowest BCUT2D eigenvalue weighted by atomic mass is 10.2. The number of rotatable bonds is 6. The minimum Gasteiger partial charge on any atom is -0.396 e. The molecule has 2 heteroatoms. The molecule has 0 rings (SSSR count). The molecule has 0 atom stereocenters. The van der Waals surface area contributed by atoms with Gasteiger partial charge in [-0.2, -0.15) is 0 Å². The molecular weight excluding hydrogens is 126 g/mol. The van der Waals surface area contributed by atoms with Gasteiger partial charge in [0.1, 0.15) is 0 Å². The highest BCUT2D eigenvalue weighted by Gasteiger charge is 1.84. The SMILES string of the molecule is CC/N=C\CCCCCO. The quantitative estimate of drug-likeness (QED) is 0.445. The van der Waals surface area contributed by atoms with Crippen LogP contribution in [0.25, 0.3) is 0 Å². The molecule has 0 fully saturated rings. The van der Waals surface area contributed by atoms with Gasteiger partial charge in [0.25, 0.3) is 0 Å². The lowest BCUT2D eigenvalue weighted by Crippen LogP contribution is -1.84. The van der Waals surface area contributed by atoms with Crippen LogP contribution in [0.3, 0.4) is 0 Å². The molecule has 0 aromatic carbocycles. The second-order valence-electron chi connectivity index (χ2n) is 2.25. The Balaban J connectivity index is 2.83. The van der Waals surface area contributed by atoms with E-state index in [0.29, 0.717) is 6.61 Å². The van der Waals surface area contributed by atoms with Gasteiger partial charge < -0.3 is 5.11 Å². The molecule has 0 aromatic rings. The second-order valence-corrected chi connectivity index (χ2v) is 2.25. The molecule has 0 saturated heterocycles. The van der Waals surface area contributed by atoms with Gasteiger partial charge in [-0.3, -0.25) is 4.99 Å². The van der Waals surface area contributed by atoms with Crippen LogP contribution >= 0.6 is 0 Å². The zero-order valence-corrected chi connectivity index (χ0v) is 6.71. The van der Waals surface area contributed by atoms with E-state index in [9.17, 15) is 0 Å². The highest BCUT2D eigenvalue weighted by molar-refractivity contribution is 5.56. The summed E-state index contributed by atoms with van der Waals surface area (Å²) in [5.41, 5.74) is 0. The maximum absolute atomic E-state index is 8.44. The number of nitrogens with zero attached hydrogens (tertiary/aromatic N) is 1. The van der Waals surface area contributed by atoms with Crippen molar-refractivity contribution in [2.75, 3.05) is 13.2 Å². The first-order valence-electron chi connectivity index (χ1n) is 4.01. The maximum atomic E-state index is 8.44. The maximum Gasteiger partial charge on any atom is 0.0431 e. The molecule has 0 aliphatic heterocycles. The molecule has 0 unspecified atom stereocenters. The third-order valence-electron chi connectivity index (χ3n) is 1.30. The van der Waals surface area contributed by atoms with Crippen LogP contribution in [0.5, 0.6) is 0 Å². The minimum atomic E-state index is 0.324. The summed E-state index contributed by atoms with van der Waals surface area (Å²) in [4.78, 5) is 4.08. The Morgan fingerprint density at radius 3 is 2.70 bits per heavy atom. The predicted octanol–water partition coefficient (Wildman–Crippen LogP) is 1.63. The van der Waals surface area contributed by atoms with Crippen molar-refractivity contribution >= 4 is 6.21 Å². The Bertz CT molecular complexity index is 81.3. The van der Waals surface area contributed by atoms with Crippen LogP contribution in [-0.2, 0) is 0 Å². The first-order valence-corrected chi connectivity index (χ1v) is 4.01. The highest BCUT2D eigenvalue weighted by Crippen LogP contribution is 1.96. The Labute approximate surface area is 63.0 Å². The first-order chi connectivity index (χ1) is 4.91. The topological polar surface area (TPSA) is 32.6 Å². The number of hydrogen-bond acceptors (Lipinski definition) is 2. The van der Waals surface area contributed by atoms with E-state index in [2.05, 4.69) is 4.99 Å². The first kappa shape index (κ1) is 9.63. The molecule has 0 bridgehead atoms. The fraction of sp³-hybridized carbons (Fsp3) is 0.875. The highest BCUT2D eigenvalue weighted by atomic mass is 16.2. The van der Waals surface area contributed by atoms with Crippen molar-refractivity contribution in [1.29, 1.82) is 0 Å². The molecular formula is C8H17NO. The van der Waals surface area contributed by atoms with Crippen LogP contribution in [0, 0.1) is 0 Å². The van der Waals surface area contributed by atoms with Crippen LogP contribution in [-0.4, -0.2) is 24.5 Å². The second kappa shape index (κ2) is 8.63. The average molecular weight is 143 g/mol. The molecule has 0 saturated carbocycles. The lowest BCUT2D eigenvalue weighted by Gasteiger charge is -1.92. The molecule has 0 aliphatic carbocycles. The van der Waals surface area contributed by atoms with Crippen molar-refractivity contribution in [3.63, 3.8) is 0 Å². The van der Waals surface area contributed by atoms with E-state index in [1.165, 1.54) is 0 Å². The summed E-state index contributed by atoms with van der Waals surface area (Å²) in [5, 5.41) is 8.44. The van der Waals surface area contributed by atoms with E-state index in [1.807, 2.05) is 13.1 Å². The van der Waals surface area contributed by atoms with Gasteiger partial charge in [-0.05, 0) is 32.4 Å². The van der Waals surface area contributed by atoms with Gasteiger partial charge in [0.05, 0.1) is 0 Å². The molecule has 0 spiro atoms. The minimum absolute atomic E-state index is 0.324. The normalized spacial score (nSPS) is 11.0. The van der Waals surface area contributed by atoms with Crippen molar-refractivity contribution < 1.29 is 5.11 Å². The number of hydrogen-bond donors (Lipinski definition) is 1. The zero-order chi connectivity index (χ0) is 7.66. The number of aliphatic imine (C=N–C) groups is 1. The van der Waals surface area contributed by atoms with Gasteiger partial charge in [0.15, 0.2) is 0 Å². The van der Waals surface area contributed by atoms with E-state index in [1.54, 1.807) is 0 Å². The van der Waals surface area contributed by atoms with Crippen LogP contribution in [0.1, 0.15) is 32.6 Å². The molecule has 0 aliphatic rings. The van der Waals surface area contributed by atoms with Crippen LogP contribution < -0.4 is 0 Å². The Morgan fingerprint density at radius 2 is 2.10 bits per heavy atom. The van der Waals surface area contributed by atoms with E-state index in [-0.39, 0.29) is 0 Å². The Morgan fingerprint density at radius 1 is 1.30 bits per heavy atom. The molecule has 2 nitrogen and oxygen atoms in total. The van der Waals surface area contributed by atoms with Gasteiger partial charge in [0.2, 0.25) is 0 Å². The average Bonchev–Trinajstić information content (AvgIpc) is 1.97. The molecule has 0 amide bonds. The summed E-state index contributed by atoms with van der Waals surface area (Å²) in [6.45, 7) is 3.25. The smallest absolute Gasteiger partial charge is 0.0431 e. The molecule has 0 aromatic heterocycles. The number of aliphatic hydroxyl groups excluding tert-OH is 1. The lowest BCUT2D eigenvalue weighted by molar-refractivity contribution is 0.283. The zero-order valence-electron chi connectivity index (χ0n) is 6.71. The van der Waals surface area contributed by atoms with Crippen molar-refractivity contribution in [1.82, 2.24) is 0 Å². The Hall–Kier alpha value is -0.370. The third kappa shape index (κ3) is 7.63. The van der Waals surface area contributed by atoms with Gasteiger partial charge in [-0.25, -0.2) is 0 Å². The van der Waals surface area contributed by atoms with Gasteiger partial charge in [0, 0.05) is 13.2 Å². The summed E-state index contributed by atoms with van der Waals surface area (Å²) >= 11 is 0. The van der Waals surface area contributed by atoms with Crippen LogP contribution in [0.4, 0.5) is 0 Å². The van der Waals surface area contributed by atoms with Crippen molar-refractivity contribution in [2.45, 2.75) is 32.6 Å². The van der Waals surface area contributed by atoms with Crippen molar-refractivity contribution in [3.8, 4) is 0 Å². The van der Waals surface area contributed by atoms with Crippen LogP contribution in [0.15, 0.2) is 4.99 Å². The van der Waals surface area contributed by atoms with E-state index in [0.717, 1.165) is 32.2 Å². The molecule has 60 valence electrons. The summed E-state index contributed by atoms with van der Waals surface area (Å²) in [6, 6.07) is 0. The van der Waals surface area contributed by atoms with E-state index in [4.69, 9.17) is 5.11 Å². The van der Waals surface area contributed by atoms with Gasteiger partial charge in [-0.1, -0.05) is 6.42 Å². The van der Waals surface area contributed by atoms with E-state index >= 15 is 0 Å².